The van der Waals surface area contributed by atoms with Crippen molar-refractivity contribution >= 4 is 0 Å². The van der Waals surface area contributed by atoms with Gasteiger partial charge in [0.15, 0.2) is 0 Å². The monoisotopic (exact) mass is 180 g/mol. The smallest absolute Gasteiger partial charge is 0.0769 e. The number of aromatic nitrogens is 2. The first-order valence-electron chi connectivity index (χ1n) is 4.46. The first-order chi connectivity index (χ1) is 6.24. The van der Waals surface area contributed by atoms with Crippen molar-refractivity contribution in [3.8, 4) is 0 Å². The molecule has 1 aromatic heterocycles. The number of nitrogens with two attached hydrogens (primary N) is 1. The van der Waals surface area contributed by atoms with Crippen LogP contribution in [-0.2, 0) is 0 Å². The van der Waals surface area contributed by atoms with Gasteiger partial charge in [-0.2, -0.15) is 0 Å². The molecule has 1 aromatic rings. The van der Waals surface area contributed by atoms with Crippen molar-refractivity contribution in [2.75, 3.05) is 0 Å². The third kappa shape index (κ3) is 3.08. The Morgan fingerprint density at radius 2 is 2.23 bits per heavy atom. The lowest BCUT2D eigenvalue weighted by atomic mass is 10.0. The fraction of sp³-hybridized carbons (Fsp3) is 0.556. The third-order valence-corrected chi connectivity index (χ3v) is 1.85. The maximum Gasteiger partial charge on any atom is 0.0769 e. The summed E-state index contributed by atoms with van der Waals surface area (Å²) in [5.74, 6) is 6.02. The van der Waals surface area contributed by atoms with Gasteiger partial charge in [0.2, 0.25) is 0 Å². The molecule has 0 aliphatic heterocycles. The molecule has 1 atom stereocenters. The summed E-state index contributed by atoms with van der Waals surface area (Å²) in [5.41, 5.74) is 3.65. The van der Waals surface area contributed by atoms with E-state index in [0.717, 1.165) is 12.1 Å². The van der Waals surface area contributed by atoms with Crippen molar-refractivity contribution in [1.29, 1.82) is 0 Å². The molecule has 13 heavy (non-hydrogen) atoms. The molecule has 0 fully saturated rings. The molecule has 0 bridgehead atoms. The molecule has 0 amide bonds. The van der Waals surface area contributed by atoms with Crippen molar-refractivity contribution in [3.05, 3.63) is 24.3 Å². The quantitative estimate of drug-likeness (QED) is 0.536. The predicted octanol–water partition coefficient (Wildman–Crippen LogP) is 1.03. The largest absolute Gasteiger partial charge is 0.271 e. The van der Waals surface area contributed by atoms with Crippen LogP contribution < -0.4 is 11.3 Å². The molecule has 0 spiro atoms. The second kappa shape index (κ2) is 4.89. The Kier molecular flexibility index (Phi) is 3.79. The molecule has 0 saturated carbocycles. The van der Waals surface area contributed by atoms with Crippen LogP contribution in [-0.4, -0.2) is 9.97 Å². The van der Waals surface area contributed by atoms with Crippen LogP contribution in [0.15, 0.2) is 18.6 Å². The maximum absolute atomic E-state index is 5.44. The van der Waals surface area contributed by atoms with Crippen LogP contribution in [0.3, 0.4) is 0 Å². The number of nitrogens with one attached hydrogen (secondary N) is 1. The van der Waals surface area contributed by atoms with Crippen LogP contribution >= 0.6 is 0 Å². The summed E-state index contributed by atoms with van der Waals surface area (Å²) < 4.78 is 0. The summed E-state index contributed by atoms with van der Waals surface area (Å²) in [6, 6.07) is 0.105. The summed E-state index contributed by atoms with van der Waals surface area (Å²) in [6.45, 7) is 4.31. The van der Waals surface area contributed by atoms with E-state index in [1.54, 1.807) is 18.6 Å². The number of hydrazine groups is 1. The minimum atomic E-state index is 0.105. The lowest BCUT2D eigenvalue weighted by Gasteiger charge is -2.16. The number of hydrogen-bond donors (Lipinski definition) is 2. The standard InChI is InChI=1S/C9H16N4/c1-7(2)5-8(13-10)9-6-11-3-4-12-9/h3-4,6-8,13H,5,10H2,1-2H3. The molecule has 0 aromatic carbocycles. The Labute approximate surface area is 78.6 Å². The fourth-order valence-electron chi connectivity index (χ4n) is 1.24. The molecule has 0 radical (unpaired) electrons. The second-order valence-electron chi connectivity index (χ2n) is 3.48. The van der Waals surface area contributed by atoms with Crippen LogP contribution in [0, 0.1) is 5.92 Å². The van der Waals surface area contributed by atoms with Gasteiger partial charge in [-0.3, -0.25) is 21.2 Å². The van der Waals surface area contributed by atoms with Gasteiger partial charge in [-0.25, -0.2) is 0 Å². The highest BCUT2D eigenvalue weighted by Gasteiger charge is 2.12. The predicted molar refractivity (Wildman–Crippen MR) is 51.6 cm³/mol. The first-order valence-corrected chi connectivity index (χ1v) is 4.46. The minimum absolute atomic E-state index is 0.105. The van der Waals surface area contributed by atoms with E-state index < -0.39 is 0 Å². The number of rotatable bonds is 4. The summed E-state index contributed by atoms with van der Waals surface area (Å²) in [6.07, 6.45) is 6.05. The van der Waals surface area contributed by atoms with Crippen molar-refractivity contribution in [2.24, 2.45) is 11.8 Å². The van der Waals surface area contributed by atoms with E-state index in [4.69, 9.17) is 5.84 Å². The van der Waals surface area contributed by atoms with Crippen LogP contribution in [0.1, 0.15) is 32.0 Å². The fourth-order valence-corrected chi connectivity index (χ4v) is 1.24. The normalized spacial score (nSPS) is 13.2. The highest BCUT2D eigenvalue weighted by molar-refractivity contribution is 5.01. The minimum Gasteiger partial charge on any atom is -0.271 e. The molecule has 4 nitrogen and oxygen atoms in total. The van der Waals surface area contributed by atoms with Crippen LogP contribution in [0.5, 0.6) is 0 Å². The van der Waals surface area contributed by atoms with E-state index in [0.29, 0.717) is 5.92 Å². The molecule has 0 aliphatic rings. The zero-order valence-corrected chi connectivity index (χ0v) is 8.07. The van der Waals surface area contributed by atoms with Crippen molar-refractivity contribution < 1.29 is 0 Å². The van der Waals surface area contributed by atoms with Crippen LogP contribution in [0.4, 0.5) is 0 Å². The first kappa shape index (κ1) is 10.1. The highest BCUT2D eigenvalue weighted by atomic mass is 15.2. The SMILES string of the molecule is CC(C)CC(NN)c1cnccn1. The highest BCUT2D eigenvalue weighted by Crippen LogP contribution is 2.16. The molecule has 1 heterocycles. The summed E-state index contributed by atoms with van der Waals surface area (Å²) in [4.78, 5) is 8.20. The van der Waals surface area contributed by atoms with Crippen molar-refractivity contribution in [2.45, 2.75) is 26.3 Å². The van der Waals surface area contributed by atoms with Gasteiger partial charge in [-0.05, 0) is 12.3 Å². The van der Waals surface area contributed by atoms with E-state index in [1.807, 2.05) is 0 Å². The van der Waals surface area contributed by atoms with E-state index in [2.05, 4.69) is 29.2 Å². The third-order valence-electron chi connectivity index (χ3n) is 1.85. The molecule has 3 N–H and O–H groups in total. The van der Waals surface area contributed by atoms with Crippen molar-refractivity contribution in [1.82, 2.24) is 15.4 Å². The topological polar surface area (TPSA) is 63.8 Å². The van der Waals surface area contributed by atoms with E-state index in [1.165, 1.54) is 0 Å². The Balaban J connectivity index is 2.67. The van der Waals surface area contributed by atoms with Crippen LogP contribution in [0.25, 0.3) is 0 Å². The van der Waals surface area contributed by atoms with Gasteiger partial charge < -0.3 is 0 Å². The molecule has 4 heteroatoms. The van der Waals surface area contributed by atoms with Gasteiger partial charge in [0, 0.05) is 12.4 Å². The van der Waals surface area contributed by atoms with Gasteiger partial charge in [0.25, 0.3) is 0 Å². The molecule has 1 rings (SSSR count). The summed E-state index contributed by atoms with van der Waals surface area (Å²) >= 11 is 0. The lowest BCUT2D eigenvalue weighted by molar-refractivity contribution is 0.429. The molecular formula is C9H16N4. The summed E-state index contributed by atoms with van der Waals surface area (Å²) in [7, 11) is 0. The number of nitrogens with zero attached hydrogens (tertiary/aromatic N) is 2. The summed E-state index contributed by atoms with van der Waals surface area (Å²) in [5, 5.41) is 0. The van der Waals surface area contributed by atoms with Gasteiger partial charge in [-0.1, -0.05) is 13.8 Å². The zero-order chi connectivity index (χ0) is 9.68. The maximum atomic E-state index is 5.44. The van der Waals surface area contributed by atoms with Gasteiger partial charge >= 0.3 is 0 Å². The Morgan fingerprint density at radius 1 is 1.46 bits per heavy atom. The Morgan fingerprint density at radius 3 is 2.69 bits per heavy atom. The molecule has 72 valence electrons. The van der Waals surface area contributed by atoms with Crippen molar-refractivity contribution in [3.63, 3.8) is 0 Å². The van der Waals surface area contributed by atoms with E-state index >= 15 is 0 Å². The average Bonchev–Trinajstić information content (AvgIpc) is 2.15. The molecular weight excluding hydrogens is 164 g/mol. The molecule has 0 aliphatic carbocycles. The van der Waals surface area contributed by atoms with Crippen LogP contribution in [0.2, 0.25) is 0 Å². The zero-order valence-electron chi connectivity index (χ0n) is 8.07. The average molecular weight is 180 g/mol. The second-order valence-corrected chi connectivity index (χ2v) is 3.48. The van der Waals surface area contributed by atoms with Gasteiger partial charge in [0.1, 0.15) is 0 Å². The lowest BCUT2D eigenvalue weighted by Crippen LogP contribution is -2.29. The molecule has 0 saturated heterocycles. The van der Waals surface area contributed by atoms with E-state index in [-0.39, 0.29) is 6.04 Å². The Hall–Kier alpha value is -1.00. The van der Waals surface area contributed by atoms with Gasteiger partial charge in [0.05, 0.1) is 17.9 Å². The number of hydrogen-bond acceptors (Lipinski definition) is 4. The Bertz CT molecular complexity index is 235. The van der Waals surface area contributed by atoms with Gasteiger partial charge in [-0.15, -0.1) is 0 Å². The van der Waals surface area contributed by atoms with E-state index in [9.17, 15) is 0 Å². The molecule has 1 unspecified atom stereocenters.